The second-order valence-electron chi connectivity index (χ2n) is 16.8. The fraction of sp³-hybridized carbons (Fsp3) is 0.228. The van der Waals surface area contributed by atoms with Gasteiger partial charge in [0.15, 0.2) is 0 Å². The molecule has 0 aromatic heterocycles. The Balaban J connectivity index is 0.000000199. The predicted molar refractivity (Wildman–Crippen MR) is 251 cm³/mol. The molecule has 8 aromatic carbocycles. The quantitative estimate of drug-likeness (QED) is 0.0798. The Labute approximate surface area is 383 Å². The Kier molecular flexibility index (Phi) is 15.2. The molecule has 0 bridgehead atoms. The first-order valence-electron chi connectivity index (χ1n) is 22.4. The highest BCUT2D eigenvalue weighted by molar-refractivity contribution is 5.89. The van der Waals surface area contributed by atoms with Gasteiger partial charge in [-0.1, -0.05) is 143 Å². The Bertz CT molecular complexity index is 3000. The van der Waals surface area contributed by atoms with Crippen molar-refractivity contribution in [2.45, 2.75) is 84.0 Å². The zero-order chi connectivity index (χ0) is 47.9. The van der Waals surface area contributed by atoms with Crippen LogP contribution in [0.1, 0.15) is 81.0 Å². The number of rotatable bonds is 13. The number of unbranched alkanes of at least 4 members (excludes halogenated alkanes) is 5. The number of hydrogen-bond donors (Lipinski definition) is 0. The van der Waals surface area contributed by atoms with E-state index in [9.17, 15) is 43.9 Å². The molecule has 0 atom stereocenters. The lowest BCUT2D eigenvalue weighted by atomic mass is 9.96. The van der Waals surface area contributed by atoms with Gasteiger partial charge in [-0.3, -0.25) is 0 Å². The van der Waals surface area contributed by atoms with Crippen LogP contribution in [0.15, 0.2) is 146 Å². The van der Waals surface area contributed by atoms with Gasteiger partial charge in [0.05, 0.1) is 11.1 Å². The van der Waals surface area contributed by atoms with Crippen LogP contribution in [0.3, 0.4) is 0 Å². The normalized spacial score (nSPS) is 11.8. The number of benzene rings is 8. The summed E-state index contributed by atoms with van der Waals surface area (Å²) in [6.45, 7) is 4.38. The monoisotopic (exact) mass is 922 g/mol. The predicted octanol–water partition coefficient (Wildman–Crippen LogP) is 18.8. The van der Waals surface area contributed by atoms with Gasteiger partial charge in [0.1, 0.15) is 23.3 Å². The molecule has 8 aromatic rings. The van der Waals surface area contributed by atoms with Crippen molar-refractivity contribution in [3.05, 3.63) is 191 Å². The van der Waals surface area contributed by atoms with Gasteiger partial charge >= 0.3 is 12.4 Å². The molecule has 67 heavy (non-hydrogen) atoms. The van der Waals surface area contributed by atoms with Gasteiger partial charge in [0, 0.05) is 11.1 Å². The van der Waals surface area contributed by atoms with Crippen molar-refractivity contribution in [3.63, 3.8) is 0 Å². The lowest BCUT2D eigenvalue weighted by Crippen LogP contribution is -2.07. The van der Waals surface area contributed by atoms with Crippen LogP contribution in [0.4, 0.5) is 43.9 Å². The number of hydrogen-bond acceptors (Lipinski definition) is 0. The Morgan fingerprint density at radius 2 is 0.642 bits per heavy atom. The molecule has 0 amide bonds. The molecule has 10 heteroatoms. The van der Waals surface area contributed by atoms with Crippen LogP contribution in [0, 0.1) is 23.3 Å². The van der Waals surface area contributed by atoms with Crippen molar-refractivity contribution in [2.24, 2.45) is 0 Å². The van der Waals surface area contributed by atoms with Crippen molar-refractivity contribution in [1.29, 1.82) is 0 Å². The van der Waals surface area contributed by atoms with Crippen LogP contribution in [-0.2, 0) is 25.2 Å². The van der Waals surface area contributed by atoms with Crippen LogP contribution in [0.5, 0.6) is 0 Å². The highest BCUT2D eigenvalue weighted by atomic mass is 19.4. The van der Waals surface area contributed by atoms with E-state index in [2.05, 4.69) is 50.2 Å². The third-order valence-electron chi connectivity index (χ3n) is 12.0. The lowest BCUT2D eigenvalue weighted by molar-refractivity contribution is -0.140. The van der Waals surface area contributed by atoms with Crippen molar-refractivity contribution >= 4 is 21.5 Å². The van der Waals surface area contributed by atoms with Crippen LogP contribution >= 0.6 is 0 Å². The van der Waals surface area contributed by atoms with Gasteiger partial charge in [-0.2, -0.15) is 26.3 Å². The molecule has 0 radical (unpaired) electrons. The summed E-state index contributed by atoms with van der Waals surface area (Å²) in [5, 5.41) is 4.32. The van der Waals surface area contributed by atoms with Gasteiger partial charge < -0.3 is 0 Å². The van der Waals surface area contributed by atoms with Crippen molar-refractivity contribution in [1.82, 2.24) is 0 Å². The maximum atomic E-state index is 14.9. The molecule has 0 unspecified atom stereocenters. The average molecular weight is 923 g/mol. The van der Waals surface area contributed by atoms with E-state index in [1.54, 1.807) is 12.1 Å². The summed E-state index contributed by atoms with van der Waals surface area (Å²) >= 11 is 0. The van der Waals surface area contributed by atoms with E-state index in [1.165, 1.54) is 73.9 Å². The second kappa shape index (κ2) is 21.0. The smallest absolute Gasteiger partial charge is 0.206 e. The van der Waals surface area contributed by atoms with Gasteiger partial charge in [-0.05, 0) is 140 Å². The largest absolute Gasteiger partial charge is 0.419 e. The molecule has 346 valence electrons. The van der Waals surface area contributed by atoms with Gasteiger partial charge in [0.2, 0.25) is 0 Å². The third-order valence-corrected chi connectivity index (χ3v) is 12.0. The molecule has 0 aliphatic rings. The number of aryl methyl sites for hydroxylation is 2. The van der Waals surface area contributed by atoms with E-state index in [0.29, 0.717) is 23.3 Å². The maximum absolute atomic E-state index is 14.9. The van der Waals surface area contributed by atoms with Crippen LogP contribution < -0.4 is 0 Å². The molecule has 0 aliphatic carbocycles. The summed E-state index contributed by atoms with van der Waals surface area (Å²) in [6, 6.07) is 38.4. The van der Waals surface area contributed by atoms with Gasteiger partial charge in [0.25, 0.3) is 0 Å². The van der Waals surface area contributed by atoms with Crippen molar-refractivity contribution in [2.75, 3.05) is 0 Å². The second-order valence-corrected chi connectivity index (χ2v) is 16.8. The zero-order valence-corrected chi connectivity index (χ0v) is 37.0. The summed E-state index contributed by atoms with van der Waals surface area (Å²) in [7, 11) is 0. The molecular formula is C57H48F10. The van der Waals surface area contributed by atoms with E-state index in [-0.39, 0.29) is 22.3 Å². The van der Waals surface area contributed by atoms with E-state index in [1.807, 2.05) is 36.4 Å². The molecule has 0 aliphatic heterocycles. The molecule has 0 nitrogen and oxygen atoms in total. The molecule has 0 saturated heterocycles. The summed E-state index contributed by atoms with van der Waals surface area (Å²) < 4.78 is 134. The van der Waals surface area contributed by atoms with Crippen molar-refractivity contribution < 1.29 is 43.9 Å². The number of alkyl halides is 6. The zero-order valence-electron chi connectivity index (χ0n) is 37.0. The summed E-state index contributed by atoms with van der Waals surface area (Å²) in [5.74, 6) is -4.10. The van der Waals surface area contributed by atoms with E-state index in [4.69, 9.17) is 0 Å². The average Bonchev–Trinajstić information content (AvgIpc) is 3.29. The molecule has 0 saturated carbocycles. The molecular weight excluding hydrogens is 875 g/mol. The Hall–Kier alpha value is -6.42. The number of fused-ring (bicyclic) bond motifs is 2. The van der Waals surface area contributed by atoms with E-state index >= 15 is 0 Å². The van der Waals surface area contributed by atoms with Gasteiger partial charge in [-0.25, -0.2) is 17.6 Å². The topological polar surface area (TPSA) is 0 Å². The van der Waals surface area contributed by atoms with Crippen LogP contribution in [0.25, 0.3) is 66.1 Å². The fourth-order valence-electron chi connectivity index (χ4n) is 8.28. The number of halogens is 10. The SMILES string of the molecule is CCCCCCc1ccc2cc(-c3ccc(-c4ccc(C(F)(F)F)c(F)c4)c(F)c3)ccc2c1.CCCCCc1ccc2cc(-c3ccc(-c4ccc(C(F)(F)F)c(F)c4)c(F)c3)ccc2c1. The van der Waals surface area contributed by atoms with Crippen molar-refractivity contribution in [3.8, 4) is 44.5 Å². The van der Waals surface area contributed by atoms with E-state index < -0.39 is 46.7 Å². The molecule has 0 fully saturated rings. The fourth-order valence-corrected chi connectivity index (χ4v) is 8.28. The van der Waals surface area contributed by atoms with Crippen LogP contribution in [0.2, 0.25) is 0 Å². The summed E-state index contributed by atoms with van der Waals surface area (Å²) in [5.41, 5.74) is 2.99. The first-order valence-corrected chi connectivity index (χ1v) is 22.4. The maximum Gasteiger partial charge on any atom is 0.419 e. The van der Waals surface area contributed by atoms with Crippen LogP contribution in [-0.4, -0.2) is 0 Å². The minimum atomic E-state index is -4.79. The molecule has 0 heterocycles. The Morgan fingerprint density at radius 1 is 0.313 bits per heavy atom. The minimum Gasteiger partial charge on any atom is -0.206 e. The molecule has 0 spiro atoms. The Morgan fingerprint density at radius 3 is 1.03 bits per heavy atom. The minimum absolute atomic E-state index is 0.0453. The van der Waals surface area contributed by atoms with E-state index in [0.717, 1.165) is 76.2 Å². The first-order chi connectivity index (χ1) is 32.0. The summed E-state index contributed by atoms with van der Waals surface area (Å²) in [6.07, 6.45) is 0.918. The molecule has 0 N–H and O–H groups in total. The highest BCUT2D eigenvalue weighted by Crippen LogP contribution is 2.37. The molecule has 8 rings (SSSR count). The third kappa shape index (κ3) is 11.9. The lowest BCUT2D eigenvalue weighted by Gasteiger charge is -2.11. The first kappa shape index (κ1) is 48.5. The highest BCUT2D eigenvalue weighted by Gasteiger charge is 2.35. The van der Waals surface area contributed by atoms with Gasteiger partial charge in [-0.15, -0.1) is 0 Å². The standard InChI is InChI=1S/C29H25F5.C28H23F5/c1-2-3-4-5-6-19-7-8-21-16-22(10-9-20(21)15-19)23-11-13-25(27(30)17-23)24-12-14-26(28(31)18-24)29(32,33)34;1-2-3-4-5-18-6-7-20-15-21(9-8-19(20)14-18)22-10-12-24(26(29)16-22)23-11-13-25(27(30)17-23)28(31,32)33/h7-18H,2-6H2,1H3;6-17H,2-5H2,1H3. The summed E-state index contributed by atoms with van der Waals surface area (Å²) in [4.78, 5) is 0.